The standard InChI is InChI=1S/C39H49NO5/c1-3-5-7-9-11-13-27-44-38-30-36(31-41)39(45-28-14-12-10-8-6-4-2)29-35(38)24-21-33-18-15-32(16-19-33)17-20-34-22-25-37(26-23-34)40(42)43/h15-26,29-31H,3-14,27-28H2,1-2H3/b20-17+,24-21+. The number of rotatable bonds is 22. The van der Waals surface area contributed by atoms with E-state index in [0.717, 1.165) is 54.2 Å². The van der Waals surface area contributed by atoms with Gasteiger partial charge < -0.3 is 9.47 Å². The van der Waals surface area contributed by atoms with Crippen LogP contribution in [-0.2, 0) is 0 Å². The summed E-state index contributed by atoms with van der Waals surface area (Å²) in [5, 5.41) is 10.9. The fourth-order valence-corrected chi connectivity index (χ4v) is 5.00. The summed E-state index contributed by atoms with van der Waals surface area (Å²) in [6.45, 7) is 5.64. The Morgan fingerprint density at radius 3 is 1.44 bits per heavy atom. The Kier molecular flexibility index (Phi) is 16.2. The van der Waals surface area contributed by atoms with E-state index in [-0.39, 0.29) is 5.69 Å². The lowest BCUT2D eigenvalue weighted by atomic mass is 10.1. The van der Waals surface area contributed by atoms with Crippen LogP contribution in [0.25, 0.3) is 24.3 Å². The number of carbonyl (C=O) groups is 1. The molecule has 0 aliphatic heterocycles. The summed E-state index contributed by atoms with van der Waals surface area (Å²) in [5.41, 5.74) is 4.42. The number of nitro benzene ring substituents is 1. The number of hydrogen-bond donors (Lipinski definition) is 0. The van der Waals surface area contributed by atoms with Crippen molar-refractivity contribution in [3.05, 3.63) is 98.6 Å². The van der Waals surface area contributed by atoms with Crippen molar-refractivity contribution < 1.29 is 19.2 Å². The third-order valence-electron chi connectivity index (χ3n) is 7.74. The summed E-state index contributed by atoms with van der Waals surface area (Å²) in [6.07, 6.45) is 23.0. The molecule has 0 amide bonds. The van der Waals surface area contributed by atoms with E-state index in [2.05, 4.69) is 13.8 Å². The Balaban J connectivity index is 1.69. The molecule has 6 heteroatoms. The third-order valence-corrected chi connectivity index (χ3v) is 7.74. The molecule has 3 aromatic carbocycles. The van der Waals surface area contributed by atoms with Crippen LogP contribution in [0, 0.1) is 10.1 Å². The molecule has 0 radical (unpaired) electrons. The molecule has 0 aliphatic rings. The van der Waals surface area contributed by atoms with Gasteiger partial charge in [0.1, 0.15) is 11.5 Å². The average Bonchev–Trinajstić information content (AvgIpc) is 3.06. The molecule has 0 aromatic heterocycles. The van der Waals surface area contributed by atoms with Crippen LogP contribution >= 0.6 is 0 Å². The number of aldehydes is 1. The van der Waals surface area contributed by atoms with Gasteiger partial charge in [-0.2, -0.15) is 0 Å². The lowest BCUT2D eigenvalue weighted by molar-refractivity contribution is -0.384. The van der Waals surface area contributed by atoms with Crippen molar-refractivity contribution in [2.24, 2.45) is 0 Å². The lowest BCUT2D eigenvalue weighted by Crippen LogP contribution is -2.04. The number of hydrogen-bond acceptors (Lipinski definition) is 5. The van der Waals surface area contributed by atoms with Crippen LogP contribution in [0.4, 0.5) is 5.69 Å². The molecule has 0 bridgehead atoms. The van der Waals surface area contributed by atoms with Gasteiger partial charge >= 0.3 is 0 Å². The molecule has 6 nitrogen and oxygen atoms in total. The van der Waals surface area contributed by atoms with Crippen molar-refractivity contribution in [1.82, 2.24) is 0 Å². The first-order valence-electron chi connectivity index (χ1n) is 16.6. The fourth-order valence-electron chi connectivity index (χ4n) is 5.00. The number of nitro groups is 1. The molecule has 0 N–H and O–H groups in total. The van der Waals surface area contributed by atoms with Crippen molar-refractivity contribution in [1.29, 1.82) is 0 Å². The van der Waals surface area contributed by atoms with Crippen molar-refractivity contribution in [2.75, 3.05) is 13.2 Å². The maximum atomic E-state index is 12.0. The van der Waals surface area contributed by atoms with Crippen molar-refractivity contribution in [2.45, 2.75) is 90.9 Å². The maximum absolute atomic E-state index is 12.0. The number of non-ortho nitro benzene ring substituents is 1. The molecule has 0 heterocycles. The Labute approximate surface area is 269 Å². The Bertz CT molecular complexity index is 1360. The minimum Gasteiger partial charge on any atom is -0.493 e. The van der Waals surface area contributed by atoms with E-state index in [4.69, 9.17) is 9.47 Å². The van der Waals surface area contributed by atoms with Gasteiger partial charge in [-0.3, -0.25) is 14.9 Å². The van der Waals surface area contributed by atoms with Crippen LogP contribution in [0.5, 0.6) is 11.5 Å². The van der Waals surface area contributed by atoms with Crippen molar-refractivity contribution in [3.8, 4) is 11.5 Å². The van der Waals surface area contributed by atoms with E-state index >= 15 is 0 Å². The van der Waals surface area contributed by atoms with Crippen LogP contribution in [0.1, 0.15) is 124 Å². The van der Waals surface area contributed by atoms with Crippen molar-refractivity contribution in [3.63, 3.8) is 0 Å². The average molecular weight is 612 g/mol. The molecular formula is C39H49NO5. The SMILES string of the molecule is CCCCCCCCOc1cc(/C=C/c2ccc(/C=C/c3ccc([N+](=O)[O-])cc3)cc2)c(OCCCCCCCC)cc1C=O. The van der Waals surface area contributed by atoms with E-state index in [1.807, 2.05) is 60.7 Å². The highest BCUT2D eigenvalue weighted by atomic mass is 16.6. The van der Waals surface area contributed by atoms with Crippen LogP contribution in [0.2, 0.25) is 0 Å². The van der Waals surface area contributed by atoms with E-state index in [1.54, 1.807) is 12.1 Å². The summed E-state index contributed by atoms with van der Waals surface area (Å²) < 4.78 is 12.3. The van der Waals surface area contributed by atoms with E-state index < -0.39 is 4.92 Å². The third kappa shape index (κ3) is 13.1. The number of nitrogens with zero attached hydrogens (tertiary/aromatic N) is 1. The topological polar surface area (TPSA) is 78.7 Å². The minimum atomic E-state index is -0.397. The van der Waals surface area contributed by atoms with Gasteiger partial charge in [-0.05, 0) is 53.8 Å². The van der Waals surface area contributed by atoms with E-state index in [1.165, 1.54) is 63.5 Å². The lowest BCUT2D eigenvalue weighted by Gasteiger charge is -2.14. The minimum absolute atomic E-state index is 0.0801. The summed E-state index contributed by atoms with van der Waals surface area (Å²) in [5.74, 6) is 1.29. The van der Waals surface area contributed by atoms with E-state index in [0.29, 0.717) is 30.3 Å². The summed E-state index contributed by atoms with van der Waals surface area (Å²) in [6, 6.07) is 18.4. The zero-order valence-electron chi connectivity index (χ0n) is 27.0. The van der Waals surface area contributed by atoms with Crippen LogP contribution in [0.3, 0.4) is 0 Å². The Morgan fingerprint density at radius 1 is 0.578 bits per heavy atom. The van der Waals surface area contributed by atoms with Gasteiger partial charge in [-0.15, -0.1) is 0 Å². The van der Waals surface area contributed by atoms with Gasteiger partial charge in [0.25, 0.3) is 5.69 Å². The highest BCUT2D eigenvalue weighted by Crippen LogP contribution is 2.31. The quantitative estimate of drug-likeness (QED) is 0.0371. The molecule has 45 heavy (non-hydrogen) atoms. The van der Waals surface area contributed by atoms with Gasteiger partial charge in [0.05, 0.1) is 23.7 Å². The molecule has 0 unspecified atom stereocenters. The highest BCUT2D eigenvalue weighted by molar-refractivity contribution is 5.84. The monoisotopic (exact) mass is 611 g/mol. The Hall–Kier alpha value is -4.19. The zero-order chi connectivity index (χ0) is 32.1. The normalized spacial score (nSPS) is 11.3. The van der Waals surface area contributed by atoms with Gasteiger partial charge in [0, 0.05) is 17.7 Å². The van der Waals surface area contributed by atoms with Gasteiger partial charge in [-0.25, -0.2) is 0 Å². The largest absolute Gasteiger partial charge is 0.493 e. The summed E-state index contributed by atoms with van der Waals surface area (Å²) >= 11 is 0. The van der Waals surface area contributed by atoms with Crippen LogP contribution in [0.15, 0.2) is 60.7 Å². The number of carbonyl (C=O) groups excluding carboxylic acids is 1. The molecule has 0 aliphatic carbocycles. The van der Waals surface area contributed by atoms with Gasteiger partial charge in [0.2, 0.25) is 0 Å². The van der Waals surface area contributed by atoms with E-state index in [9.17, 15) is 14.9 Å². The predicted molar refractivity (Wildman–Crippen MR) is 187 cm³/mol. The van der Waals surface area contributed by atoms with Gasteiger partial charge in [0.15, 0.2) is 6.29 Å². The van der Waals surface area contributed by atoms with Crippen LogP contribution in [-0.4, -0.2) is 24.4 Å². The maximum Gasteiger partial charge on any atom is 0.269 e. The fraction of sp³-hybridized carbons (Fsp3) is 0.410. The first-order chi connectivity index (χ1) is 22.0. The molecule has 0 saturated heterocycles. The first kappa shape index (κ1) is 35.3. The second-order valence-corrected chi connectivity index (χ2v) is 11.5. The molecule has 0 saturated carbocycles. The molecule has 3 aromatic rings. The van der Waals surface area contributed by atoms with Gasteiger partial charge in [-0.1, -0.05) is 127 Å². The second-order valence-electron chi connectivity index (χ2n) is 11.5. The predicted octanol–water partition coefficient (Wildman–Crippen LogP) is 11.2. The summed E-state index contributed by atoms with van der Waals surface area (Å²) in [7, 11) is 0. The number of ether oxygens (including phenoxy) is 2. The molecular weight excluding hydrogens is 562 g/mol. The molecule has 240 valence electrons. The number of unbranched alkanes of at least 4 members (excludes halogenated alkanes) is 10. The number of benzene rings is 3. The molecule has 3 rings (SSSR count). The zero-order valence-corrected chi connectivity index (χ0v) is 27.0. The molecule has 0 spiro atoms. The highest BCUT2D eigenvalue weighted by Gasteiger charge is 2.11. The second kappa shape index (κ2) is 20.7. The van der Waals surface area contributed by atoms with Crippen molar-refractivity contribution >= 4 is 36.3 Å². The Morgan fingerprint density at radius 2 is 0.978 bits per heavy atom. The smallest absolute Gasteiger partial charge is 0.269 e. The first-order valence-corrected chi connectivity index (χ1v) is 16.6. The van der Waals surface area contributed by atoms with Crippen LogP contribution < -0.4 is 9.47 Å². The molecule has 0 fully saturated rings. The molecule has 0 atom stereocenters. The summed E-state index contributed by atoms with van der Waals surface area (Å²) in [4.78, 5) is 22.5.